The van der Waals surface area contributed by atoms with Gasteiger partial charge in [0.2, 0.25) is 0 Å². The number of rotatable bonds is 7. The minimum atomic E-state index is -0.409. The van der Waals surface area contributed by atoms with Gasteiger partial charge < -0.3 is 9.72 Å². The fraction of sp³-hybridized carbons (Fsp3) is 0.417. The molecule has 0 bridgehead atoms. The smallest absolute Gasteiger partial charge is 0.339 e. The van der Waals surface area contributed by atoms with E-state index in [1.165, 1.54) is 30.6 Å². The molecule has 168 valence electrons. The van der Waals surface area contributed by atoms with Gasteiger partial charge >= 0.3 is 5.97 Å². The average Bonchev–Trinajstić information content (AvgIpc) is 3.30. The quantitative estimate of drug-likeness (QED) is 0.537. The van der Waals surface area contributed by atoms with Crippen molar-refractivity contribution >= 4 is 17.3 Å². The summed E-state index contributed by atoms with van der Waals surface area (Å²) in [6, 6.07) is 5.38. The highest BCUT2D eigenvalue weighted by Gasteiger charge is 2.21. The molecule has 1 saturated heterocycles. The van der Waals surface area contributed by atoms with Gasteiger partial charge in [-0.05, 0) is 50.0 Å². The van der Waals surface area contributed by atoms with Crippen molar-refractivity contribution in [2.75, 3.05) is 26.2 Å². The van der Waals surface area contributed by atoms with Gasteiger partial charge in [-0.15, -0.1) is 11.3 Å². The Balaban J connectivity index is 1.57. The minimum absolute atomic E-state index is 0.0239. The number of carbonyl (C=O) groups excluding carboxylic acids is 1. The molecule has 3 aromatic rings. The highest BCUT2D eigenvalue weighted by atomic mass is 32.1. The summed E-state index contributed by atoms with van der Waals surface area (Å²) in [6.07, 6.45) is 7.08. The first kappa shape index (κ1) is 22.4. The van der Waals surface area contributed by atoms with E-state index >= 15 is 0 Å². The monoisotopic (exact) mass is 452 g/mol. The molecule has 0 amide bonds. The molecule has 1 fully saturated rings. The average molecular weight is 453 g/mol. The van der Waals surface area contributed by atoms with Crippen LogP contribution in [0.3, 0.4) is 0 Å². The third-order valence-corrected chi connectivity index (χ3v) is 6.56. The molecule has 3 aromatic heterocycles. The van der Waals surface area contributed by atoms with E-state index in [1.807, 2.05) is 31.4 Å². The van der Waals surface area contributed by atoms with Gasteiger partial charge in [0.15, 0.2) is 0 Å². The van der Waals surface area contributed by atoms with Gasteiger partial charge in [0.25, 0.3) is 5.56 Å². The van der Waals surface area contributed by atoms with E-state index in [0.29, 0.717) is 29.1 Å². The van der Waals surface area contributed by atoms with Gasteiger partial charge in [0.1, 0.15) is 11.6 Å². The van der Waals surface area contributed by atoms with Crippen molar-refractivity contribution in [2.24, 2.45) is 0 Å². The SMILES string of the molecule is CC(C)c1[nH]c(=O)c(-c2csc(-c3ccncc3)n2)cc1C(=O)OCCN1CCCCC1. The van der Waals surface area contributed by atoms with Gasteiger partial charge in [0, 0.05) is 35.6 Å². The molecule has 8 heteroatoms. The predicted octanol–water partition coefficient (Wildman–Crippen LogP) is 4.33. The molecular weight excluding hydrogens is 424 g/mol. The lowest BCUT2D eigenvalue weighted by atomic mass is 10.0. The Hall–Kier alpha value is -2.84. The number of pyridine rings is 2. The maximum Gasteiger partial charge on any atom is 0.339 e. The van der Waals surface area contributed by atoms with E-state index in [1.54, 1.807) is 18.5 Å². The lowest BCUT2D eigenvalue weighted by Crippen LogP contribution is -2.33. The molecule has 1 aliphatic heterocycles. The van der Waals surface area contributed by atoms with Crippen molar-refractivity contribution < 1.29 is 9.53 Å². The number of thiazole rings is 1. The normalized spacial score (nSPS) is 14.6. The van der Waals surface area contributed by atoms with Crippen LogP contribution in [0.5, 0.6) is 0 Å². The summed E-state index contributed by atoms with van der Waals surface area (Å²) in [5.41, 5.74) is 2.57. The number of carbonyl (C=O) groups is 1. The number of ether oxygens (including phenoxy) is 1. The fourth-order valence-corrected chi connectivity index (χ4v) is 4.74. The molecule has 4 rings (SSSR count). The Morgan fingerprint density at radius 1 is 1.22 bits per heavy atom. The summed E-state index contributed by atoms with van der Waals surface area (Å²) in [7, 11) is 0. The van der Waals surface area contributed by atoms with Crippen LogP contribution in [0.1, 0.15) is 55.1 Å². The van der Waals surface area contributed by atoms with Crippen LogP contribution >= 0.6 is 11.3 Å². The first-order chi connectivity index (χ1) is 15.5. The first-order valence-corrected chi connectivity index (χ1v) is 11.9. The van der Waals surface area contributed by atoms with Crippen LogP contribution in [0.4, 0.5) is 0 Å². The molecule has 0 aromatic carbocycles. The number of nitrogens with zero attached hydrogens (tertiary/aromatic N) is 3. The number of hydrogen-bond donors (Lipinski definition) is 1. The van der Waals surface area contributed by atoms with Crippen molar-refractivity contribution in [3.8, 4) is 21.8 Å². The third kappa shape index (κ3) is 5.14. The second-order valence-electron chi connectivity index (χ2n) is 8.31. The Morgan fingerprint density at radius 3 is 2.69 bits per heavy atom. The maximum atomic E-state index is 12.9. The van der Waals surface area contributed by atoms with Crippen LogP contribution in [-0.4, -0.2) is 52.1 Å². The van der Waals surface area contributed by atoms with E-state index in [-0.39, 0.29) is 11.5 Å². The number of aromatic amines is 1. The van der Waals surface area contributed by atoms with Crippen molar-refractivity contribution in [1.82, 2.24) is 19.9 Å². The summed E-state index contributed by atoms with van der Waals surface area (Å²) in [6.45, 7) is 7.08. The van der Waals surface area contributed by atoms with Gasteiger partial charge in [-0.1, -0.05) is 20.3 Å². The molecule has 4 heterocycles. The lowest BCUT2D eigenvalue weighted by Gasteiger charge is -2.26. The predicted molar refractivity (Wildman–Crippen MR) is 126 cm³/mol. The fourth-order valence-electron chi connectivity index (χ4n) is 3.91. The highest BCUT2D eigenvalue weighted by Crippen LogP contribution is 2.28. The van der Waals surface area contributed by atoms with Crippen LogP contribution < -0.4 is 5.56 Å². The molecular formula is C24H28N4O3S. The summed E-state index contributed by atoms with van der Waals surface area (Å²) in [5.74, 6) is -0.433. The van der Waals surface area contributed by atoms with Crippen molar-refractivity contribution in [2.45, 2.75) is 39.0 Å². The summed E-state index contributed by atoms with van der Waals surface area (Å²) < 4.78 is 5.60. The zero-order chi connectivity index (χ0) is 22.5. The van der Waals surface area contributed by atoms with E-state index in [4.69, 9.17) is 4.74 Å². The number of aromatic nitrogens is 3. The molecule has 1 N–H and O–H groups in total. The molecule has 0 saturated carbocycles. The number of piperidine rings is 1. The molecule has 0 atom stereocenters. The number of nitrogens with one attached hydrogen (secondary N) is 1. The highest BCUT2D eigenvalue weighted by molar-refractivity contribution is 7.13. The second kappa shape index (κ2) is 10.2. The van der Waals surface area contributed by atoms with Gasteiger partial charge in [-0.2, -0.15) is 0 Å². The number of likely N-dealkylation sites (tertiary alicyclic amines) is 1. The van der Waals surface area contributed by atoms with Crippen LogP contribution in [0.15, 0.2) is 40.8 Å². The maximum absolute atomic E-state index is 12.9. The summed E-state index contributed by atoms with van der Waals surface area (Å²) >= 11 is 1.45. The van der Waals surface area contributed by atoms with E-state index in [2.05, 4.69) is 19.9 Å². The molecule has 7 nitrogen and oxygen atoms in total. The van der Waals surface area contributed by atoms with Crippen LogP contribution in [0.25, 0.3) is 21.8 Å². The Morgan fingerprint density at radius 2 is 1.97 bits per heavy atom. The molecule has 0 spiro atoms. The molecule has 1 aliphatic rings. The number of H-pyrrole nitrogens is 1. The van der Waals surface area contributed by atoms with E-state index in [0.717, 1.165) is 30.2 Å². The number of hydrogen-bond acceptors (Lipinski definition) is 7. The Bertz CT molecular complexity index is 1120. The largest absolute Gasteiger partial charge is 0.461 e. The van der Waals surface area contributed by atoms with Gasteiger partial charge in [-0.25, -0.2) is 9.78 Å². The first-order valence-electron chi connectivity index (χ1n) is 11.1. The van der Waals surface area contributed by atoms with Gasteiger partial charge in [-0.3, -0.25) is 14.7 Å². The molecule has 0 radical (unpaired) electrons. The second-order valence-corrected chi connectivity index (χ2v) is 9.16. The van der Waals surface area contributed by atoms with E-state index < -0.39 is 5.97 Å². The summed E-state index contributed by atoms with van der Waals surface area (Å²) in [5, 5.41) is 2.63. The zero-order valence-electron chi connectivity index (χ0n) is 18.5. The van der Waals surface area contributed by atoms with Crippen molar-refractivity contribution in [3.63, 3.8) is 0 Å². The topological polar surface area (TPSA) is 88.2 Å². The lowest BCUT2D eigenvalue weighted by molar-refractivity contribution is 0.0449. The number of esters is 1. The van der Waals surface area contributed by atoms with Crippen LogP contribution in [0.2, 0.25) is 0 Å². The van der Waals surface area contributed by atoms with Crippen molar-refractivity contribution in [3.05, 3.63) is 57.6 Å². The molecule has 0 unspecified atom stereocenters. The van der Waals surface area contributed by atoms with Crippen molar-refractivity contribution in [1.29, 1.82) is 0 Å². The van der Waals surface area contributed by atoms with Crippen LogP contribution in [0, 0.1) is 0 Å². The van der Waals surface area contributed by atoms with Gasteiger partial charge in [0.05, 0.1) is 16.8 Å². The van der Waals surface area contributed by atoms with E-state index in [9.17, 15) is 9.59 Å². The standard InChI is InChI=1S/C24H28N4O3S/c1-16(2)21-19(24(30)31-13-12-28-10-4-3-5-11-28)14-18(22(29)27-21)20-15-32-23(26-20)17-6-8-25-9-7-17/h6-9,14-16H,3-5,10-13H2,1-2H3,(H,27,29). The Labute approximate surface area is 191 Å². The third-order valence-electron chi connectivity index (χ3n) is 5.67. The minimum Gasteiger partial charge on any atom is -0.461 e. The molecule has 0 aliphatic carbocycles. The van der Waals surface area contributed by atoms with Crippen LogP contribution in [-0.2, 0) is 4.74 Å². The Kier molecular flexibility index (Phi) is 7.12. The summed E-state index contributed by atoms with van der Waals surface area (Å²) in [4.78, 5) is 39.7. The zero-order valence-corrected chi connectivity index (χ0v) is 19.3. The molecule has 32 heavy (non-hydrogen) atoms.